The Balaban J connectivity index is 2.06. The minimum atomic E-state index is -0.154. The number of nitrogens with two attached hydrogens (primary N) is 1. The number of fused-ring (bicyclic) bond motifs is 1. The maximum Gasteiger partial charge on any atom is 0.258 e. The molecule has 1 heterocycles. The number of nitrogens with zero attached hydrogens (tertiary/aromatic N) is 1. The SMILES string of the molecule is Nc1ccc(C(=O)N2CCCC(=O)c3c(Cl)cccc32)cc1. The van der Waals surface area contributed by atoms with Crippen LogP contribution in [0, 0.1) is 0 Å². The van der Waals surface area contributed by atoms with Crippen molar-refractivity contribution in [2.45, 2.75) is 12.8 Å². The number of hydrogen-bond acceptors (Lipinski definition) is 3. The van der Waals surface area contributed by atoms with Gasteiger partial charge in [0.05, 0.1) is 16.3 Å². The summed E-state index contributed by atoms with van der Waals surface area (Å²) >= 11 is 6.17. The smallest absolute Gasteiger partial charge is 0.258 e. The Morgan fingerprint density at radius 1 is 1.14 bits per heavy atom. The second-order valence-corrected chi connectivity index (χ2v) is 5.65. The van der Waals surface area contributed by atoms with E-state index in [0.717, 1.165) is 0 Å². The van der Waals surface area contributed by atoms with E-state index in [1.54, 1.807) is 47.4 Å². The maximum absolute atomic E-state index is 12.8. The lowest BCUT2D eigenvalue weighted by atomic mass is 10.1. The number of hydrogen-bond donors (Lipinski definition) is 1. The molecule has 2 aromatic rings. The molecule has 0 aliphatic carbocycles. The fourth-order valence-electron chi connectivity index (χ4n) is 2.65. The number of ketones is 1. The third-order valence-electron chi connectivity index (χ3n) is 3.75. The van der Waals surface area contributed by atoms with Crippen molar-refractivity contribution in [3.05, 3.63) is 58.6 Å². The normalized spacial score (nSPS) is 14.4. The monoisotopic (exact) mass is 314 g/mol. The first kappa shape index (κ1) is 14.6. The molecule has 0 atom stereocenters. The first-order chi connectivity index (χ1) is 10.6. The van der Waals surface area contributed by atoms with Crippen molar-refractivity contribution < 1.29 is 9.59 Å². The Morgan fingerprint density at radius 2 is 1.86 bits per heavy atom. The number of halogens is 1. The molecule has 5 heteroatoms. The van der Waals surface area contributed by atoms with Crippen LogP contribution < -0.4 is 10.6 Å². The zero-order chi connectivity index (χ0) is 15.7. The van der Waals surface area contributed by atoms with Gasteiger partial charge in [0.2, 0.25) is 0 Å². The summed E-state index contributed by atoms with van der Waals surface area (Å²) in [5.41, 5.74) is 7.81. The second kappa shape index (κ2) is 5.81. The van der Waals surface area contributed by atoms with E-state index < -0.39 is 0 Å². The molecule has 0 bridgehead atoms. The van der Waals surface area contributed by atoms with Crippen molar-refractivity contribution in [2.24, 2.45) is 0 Å². The molecule has 22 heavy (non-hydrogen) atoms. The van der Waals surface area contributed by atoms with E-state index >= 15 is 0 Å². The van der Waals surface area contributed by atoms with Crippen LogP contribution >= 0.6 is 11.6 Å². The molecule has 2 N–H and O–H groups in total. The highest BCUT2D eigenvalue weighted by atomic mass is 35.5. The van der Waals surface area contributed by atoms with E-state index in [9.17, 15) is 9.59 Å². The van der Waals surface area contributed by atoms with Crippen LogP contribution in [0.2, 0.25) is 5.02 Å². The Labute approximate surface area is 133 Å². The minimum absolute atomic E-state index is 0.0202. The van der Waals surface area contributed by atoms with Crippen LogP contribution in [0.25, 0.3) is 0 Å². The minimum Gasteiger partial charge on any atom is -0.399 e. The molecule has 1 aliphatic heterocycles. The Morgan fingerprint density at radius 3 is 2.59 bits per heavy atom. The molecule has 3 rings (SSSR count). The summed E-state index contributed by atoms with van der Waals surface area (Å²) in [5, 5.41) is 0.388. The highest BCUT2D eigenvalue weighted by Gasteiger charge is 2.27. The number of carbonyl (C=O) groups is 2. The van der Waals surface area contributed by atoms with Crippen LogP contribution in [0.15, 0.2) is 42.5 Å². The van der Waals surface area contributed by atoms with E-state index in [4.69, 9.17) is 17.3 Å². The summed E-state index contributed by atoms with van der Waals surface area (Å²) in [4.78, 5) is 26.6. The van der Waals surface area contributed by atoms with Crippen LogP contribution in [0.4, 0.5) is 11.4 Å². The number of Topliss-reactive ketones (excluding diaryl/α,β-unsaturated/α-hetero) is 1. The third kappa shape index (κ3) is 2.57. The summed E-state index contributed by atoms with van der Waals surface area (Å²) < 4.78 is 0. The Bertz CT molecular complexity index is 741. The van der Waals surface area contributed by atoms with Gasteiger partial charge < -0.3 is 10.6 Å². The van der Waals surface area contributed by atoms with Crippen LogP contribution in [0.3, 0.4) is 0 Å². The van der Waals surface area contributed by atoms with Gasteiger partial charge in [-0.25, -0.2) is 0 Å². The molecule has 1 aliphatic rings. The van der Waals surface area contributed by atoms with E-state index in [1.807, 2.05) is 0 Å². The molecule has 2 aromatic carbocycles. The maximum atomic E-state index is 12.8. The van der Waals surface area contributed by atoms with Gasteiger partial charge in [0.25, 0.3) is 5.91 Å². The zero-order valence-electron chi connectivity index (χ0n) is 11.9. The quantitative estimate of drug-likeness (QED) is 0.819. The molecule has 0 saturated carbocycles. The lowest BCUT2D eigenvalue weighted by Crippen LogP contribution is -2.31. The summed E-state index contributed by atoms with van der Waals surface area (Å²) in [7, 11) is 0. The molecule has 0 aromatic heterocycles. The van der Waals surface area contributed by atoms with E-state index in [1.165, 1.54) is 0 Å². The van der Waals surface area contributed by atoms with Crippen LogP contribution in [0.5, 0.6) is 0 Å². The fraction of sp³-hybridized carbons (Fsp3) is 0.176. The second-order valence-electron chi connectivity index (χ2n) is 5.24. The number of amides is 1. The molecule has 4 nitrogen and oxygen atoms in total. The molecular weight excluding hydrogens is 300 g/mol. The number of carbonyl (C=O) groups excluding carboxylic acids is 2. The first-order valence-electron chi connectivity index (χ1n) is 7.07. The van der Waals surface area contributed by atoms with Crippen molar-refractivity contribution in [1.82, 2.24) is 0 Å². The van der Waals surface area contributed by atoms with Gasteiger partial charge in [-0.3, -0.25) is 9.59 Å². The first-order valence-corrected chi connectivity index (χ1v) is 7.45. The van der Waals surface area contributed by atoms with E-state index in [2.05, 4.69) is 0 Å². The summed E-state index contributed by atoms with van der Waals surface area (Å²) in [6.07, 6.45) is 1.01. The van der Waals surface area contributed by atoms with Crippen molar-refractivity contribution in [2.75, 3.05) is 17.2 Å². The molecule has 0 spiro atoms. The Kier molecular flexibility index (Phi) is 3.86. The summed E-state index contributed by atoms with van der Waals surface area (Å²) in [5.74, 6) is -0.175. The summed E-state index contributed by atoms with van der Waals surface area (Å²) in [6, 6.07) is 11.9. The molecule has 0 fully saturated rings. The van der Waals surface area contributed by atoms with E-state index in [-0.39, 0.29) is 11.7 Å². The van der Waals surface area contributed by atoms with Crippen molar-refractivity contribution in [3.63, 3.8) is 0 Å². The Hall–Kier alpha value is -2.33. The number of benzene rings is 2. The molecule has 1 amide bonds. The fourth-order valence-corrected chi connectivity index (χ4v) is 2.92. The topological polar surface area (TPSA) is 63.4 Å². The van der Waals surface area contributed by atoms with Gasteiger partial charge in [0.15, 0.2) is 5.78 Å². The van der Waals surface area contributed by atoms with Crippen molar-refractivity contribution >= 4 is 34.7 Å². The lowest BCUT2D eigenvalue weighted by molar-refractivity contribution is 0.0974. The van der Waals surface area contributed by atoms with E-state index in [0.29, 0.717) is 46.9 Å². The molecule has 112 valence electrons. The van der Waals surface area contributed by atoms with Crippen molar-refractivity contribution in [3.8, 4) is 0 Å². The third-order valence-corrected chi connectivity index (χ3v) is 4.06. The summed E-state index contributed by atoms with van der Waals surface area (Å²) in [6.45, 7) is 0.488. The average Bonchev–Trinajstić information content (AvgIpc) is 2.67. The highest BCUT2D eigenvalue weighted by molar-refractivity contribution is 6.35. The molecule has 0 saturated heterocycles. The molecule has 0 radical (unpaired) electrons. The lowest BCUT2D eigenvalue weighted by Gasteiger charge is -2.23. The number of rotatable bonds is 1. The predicted molar refractivity (Wildman–Crippen MR) is 87.5 cm³/mol. The van der Waals surface area contributed by atoms with Crippen LogP contribution in [-0.2, 0) is 0 Å². The van der Waals surface area contributed by atoms with Gasteiger partial charge in [-0.05, 0) is 42.8 Å². The van der Waals surface area contributed by atoms with Gasteiger partial charge in [-0.1, -0.05) is 17.7 Å². The largest absolute Gasteiger partial charge is 0.399 e. The van der Waals surface area contributed by atoms with Gasteiger partial charge in [-0.15, -0.1) is 0 Å². The average molecular weight is 315 g/mol. The molecular formula is C17H15ClN2O2. The van der Waals surface area contributed by atoms with Gasteiger partial charge >= 0.3 is 0 Å². The standard InChI is InChI=1S/C17H15ClN2O2/c18-13-3-1-4-14-16(13)15(21)5-2-10-20(14)17(22)11-6-8-12(19)9-7-11/h1,3-4,6-9H,2,5,10,19H2. The number of anilines is 2. The van der Waals surface area contributed by atoms with Gasteiger partial charge in [0.1, 0.15) is 0 Å². The van der Waals surface area contributed by atoms with Crippen molar-refractivity contribution in [1.29, 1.82) is 0 Å². The van der Waals surface area contributed by atoms with Crippen LogP contribution in [-0.4, -0.2) is 18.2 Å². The molecule has 0 unspecified atom stereocenters. The number of nitrogen functional groups attached to an aromatic ring is 1. The van der Waals surface area contributed by atoms with Crippen LogP contribution in [0.1, 0.15) is 33.6 Å². The zero-order valence-corrected chi connectivity index (χ0v) is 12.6. The highest BCUT2D eigenvalue weighted by Crippen LogP contribution is 2.32. The van der Waals surface area contributed by atoms with Gasteiger partial charge in [-0.2, -0.15) is 0 Å². The predicted octanol–water partition coefficient (Wildman–Crippen LogP) is 3.55. The van der Waals surface area contributed by atoms with Gasteiger partial charge in [0, 0.05) is 24.2 Å².